The normalized spacial score (nSPS) is 20.1. The summed E-state index contributed by atoms with van der Waals surface area (Å²) in [5, 5.41) is 4.19. The fraction of sp³-hybridized carbons (Fsp3) is 0.714. The summed E-state index contributed by atoms with van der Waals surface area (Å²) in [5.74, 6) is 1.08. The van der Waals surface area contributed by atoms with Crippen molar-refractivity contribution in [1.82, 2.24) is 14.7 Å². The van der Waals surface area contributed by atoms with E-state index < -0.39 is 5.60 Å². The molecule has 6 nitrogen and oxygen atoms in total. The molecule has 1 aromatic heterocycles. The van der Waals surface area contributed by atoms with E-state index in [1.807, 2.05) is 45.5 Å². The molecule has 1 atom stereocenters. The number of amides is 1. The molecule has 1 amide bonds. The van der Waals surface area contributed by atoms with Gasteiger partial charge in [0, 0.05) is 38.8 Å². The number of ether oxygens (including phenoxy) is 1. The molecule has 0 spiro atoms. The quantitative estimate of drug-likeness (QED) is 0.788. The summed E-state index contributed by atoms with van der Waals surface area (Å²) < 4.78 is 7.31. The van der Waals surface area contributed by atoms with Crippen molar-refractivity contribution in [2.45, 2.75) is 39.3 Å². The second-order valence-electron chi connectivity index (χ2n) is 6.28. The molecule has 6 heteroatoms. The Morgan fingerprint density at radius 1 is 1.40 bits per heavy atom. The first-order valence-corrected chi connectivity index (χ1v) is 7.00. The first kappa shape index (κ1) is 14.7. The summed E-state index contributed by atoms with van der Waals surface area (Å²) in [6.45, 7) is 9.97. The molecule has 1 unspecified atom stereocenters. The first-order chi connectivity index (χ1) is 9.28. The highest BCUT2D eigenvalue weighted by Gasteiger charge is 2.31. The molecule has 1 saturated heterocycles. The molecular formula is C14H24N4O2. The minimum Gasteiger partial charge on any atom is -0.444 e. The standard InChI is InChI=1S/C14H24N4O2/c1-11-10-17(12-6-7-15-16(12)5)8-9-18(11)13(19)20-14(2,3)4/h6-7,11H,8-10H2,1-5H3. The second kappa shape index (κ2) is 5.34. The van der Waals surface area contributed by atoms with Crippen LogP contribution in [0.2, 0.25) is 0 Å². The number of aromatic nitrogens is 2. The summed E-state index contributed by atoms with van der Waals surface area (Å²) in [6.07, 6.45) is 1.56. The van der Waals surface area contributed by atoms with Crippen LogP contribution in [0.15, 0.2) is 12.3 Å². The van der Waals surface area contributed by atoms with Crippen molar-refractivity contribution in [3.05, 3.63) is 12.3 Å². The van der Waals surface area contributed by atoms with Crippen LogP contribution in [-0.4, -0.2) is 52.1 Å². The third-order valence-corrected chi connectivity index (χ3v) is 3.37. The molecule has 1 fully saturated rings. The van der Waals surface area contributed by atoms with Crippen molar-refractivity contribution >= 4 is 11.9 Å². The Balaban J connectivity index is 1.99. The second-order valence-corrected chi connectivity index (χ2v) is 6.28. The molecule has 1 aromatic rings. The van der Waals surface area contributed by atoms with E-state index >= 15 is 0 Å². The average Bonchev–Trinajstić information content (AvgIpc) is 2.72. The summed E-state index contributed by atoms with van der Waals surface area (Å²) >= 11 is 0. The number of carbonyl (C=O) groups is 1. The zero-order valence-electron chi connectivity index (χ0n) is 13.0. The lowest BCUT2D eigenvalue weighted by atomic mass is 10.2. The third kappa shape index (κ3) is 3.23. The van der Waals surface area contributed by atoms with Gasteiger partial charge in [-0.1, -0.05) is 0 Å². The number of hydrogen-bond donors (Lipinski definition) is 0. The SMILES string of the molecule is CC1CN(c2ccnn2C)CCN1C(=O)OC(C)(C)C. The van der Waals surface area contributed by atoms with Gasteiger partial charge in [0.25, 0.3) is 0 Å². The predicted molar refractivity (Wildman–Crippen MR) is 77.8 cm³/mol. The number of rotatable bonds is 1. The van der Waals surface area contributed by atoms with Crippen molar-refractivity contribution in [1.29, 1.82) is 0 Å². The molecule has 0 aliphatic carbocycles. The van der Waals surface area contributed by atoms with Crippen molar-refractivity contribution < 1.29 is 9.53 Å². The van der Waals surface area contributed by atoms with Crippen LogP contribution in [-0.2, 0) is 11.8 Å². The Morgan fingerprint density at radius 2 is 2.10 bits per heavy atom. The molecule has 0 aromatic carbocycles. The topological polar surface area (TPSA) is 50.6 Å². The van der Waals surface area contributed by atoms with E-state index in [0.717, 1.165) is 18.9 Å². The molecule has 2 heterocycles. The molecule has 112 valence electrons. The van der Waals surface area contributed by atoms with Crippen LogP contribution in [0.3, 0.4) is 0 Å². The van der Waals surface area contributed by atoms with Gasteiger partial charge < -0.3 is 14.5 Å². The highest BCUT2D eigenvalue weighted by molar-refractivity contribution is 5.69. The van der Waals surface area contributed by atoms with E-state index in [1.165, 1.54) is 0 Å². The van der Waals surface area contributed by atoms with E-state index in [0.29, 0.717) is 6.54 Å². The van der Waals surface area contributed by atoms with Gasteiger partial charge in [0.2, 0.25) is 0 Å². The lowest BCUT2D eigenvalue weighted by molar-refractivity contribution is 0.0158. The number of hydrogen-bond acceptors (Lipinski definition) is 4. The fourth-order valence-corrected chi connectivity index (χ4v) is 2.43. The van der Waals surface area contributed by atoms with Gasteiger partial charge in [-0.3, -0.25) is 4.68 Å². The molecule has 0 saturated carbocycles. The maximum atomic E-state index is 12.2. The van der Waals surface area contributed by atoms with Crippen LogP contribution in [0.5, 0.6) is 0 Å². The predicted octanol–water partition coefficient (Wildman–Crippen LogP) is 1.87. The Hall–Kier alpha value is -1.72. The van der Waals surface area contributed by atoms with Crippen molar-refractivity contribution in [3.8, 4) is 0 Å². The molecule has 1 aliphatic rings. The van der Waals surface area contributed by atoms with Crippen LogP contribution >= 0.6 is 0 Å². The minimum atomic E-state index is -0.448. The largest absolute Gasteiger partial charge is 0.444 e. The van der Waals surface area contributed by atoms with E-state index in [1.54, 1.807) is 11.1 Å². The van der Waals surface area contributed by atoms with Gasteiger partial charge >= 0.3 is 6.09 Å². The Morgan fingerprint density at radius 3 is 2.60 bits per heavy atom. The number of carbonyl (C=O) groups excluding carboxylic acids is 1. The van der Waals surface area contributed by atoms with E-state index in [4.69, 9.17) is 4.74 Å². The Labute approximate surface area is 120 Å². The van der Waals surface area contributed by atoms with Crippen LogP contribution in [0, 0.1) is 0 Å². The van der Waals surface area contributed by atoms with Crippen molar-refractivity contribution in [2.75, 3.05) is 24.5 Å². The zero-order chi connectivity index (χ0) is 14.9. The van der Waals surface area contributed by atoms with Crippen LogP contribution in [0.4, 0.5) is 10.6 Å². The van der Waals surface area contributed by atoms with E-state index in [9.17, 15) is 4.79 Å². The van der Waals surface area contributed by atoms with Gasteiger partial charge in [0.15, 0.2) is 0 Å². The molecule has 2 rings (SSSR count). The monoisotopic (exact) mass is 280 g/mol. The average molecular weight is 280 g/mol. The third-order valence-electron chi connectivity index (χ3n) is 3.37. The maximum absolute atomic E-state index is 12.2. The van der Waals surface area contributed by atoms with Gasteiger partial charge in [-0.25, -0.2) is 4.79 Å². The highest BCUT2D eigenvalue weighted by Crippen LogP contribution is 2.20. The van der Waals surface area contributed by atoms with Crippen LogP contribution < -0.4 is 4.90 Å². The Bertz CT molecular complexity index is 478. The molecule has 1 aliphatic heterocycles. The van der Waals surface area contributed by atoms with Gasteiger partial charge in [-0.2, -0.15) is 5.10 Å². The number of aryl methyl sites for hydroxylation is 1. The summed E-state index contributed by atoms with van der Waals surface area (Å²) in [6, 6.07) is 2.11. The smallest absolute Gasteiger partial charge is 0.410 e. The molecular weight excluding hydrogens is 256 g/mol. The first-order valence-electron chi connectivity index (χ1n) is 7.00. The van der Waals surface area contributed by atoms with E-state index in [2.05, 4.69) is 10.00 Å². The number of anilines is 1. The summed E-state index contributed by atoms with van der Waals surface area (Å²) in [7, 11) is 1.93. The fourth-order valence-electron chi connectivity index (χ4n) is 2.43. The number of piperazine rings is 1. The van der Waals surface area contributed by atoms with Gasteiger partial charge in [0.05, 0.1) is 6.20 Å². The van der Waals surface area contributed by atoms with Crippen LogP contribution in [0.1, 0.15) is 27.7 Å². The molecule has 0 radical (unpaired) electrons. The highest BCUT2D eigenvalue weighted by atomic mass is 16.6. The van der Waals surface area contributed by atoms with Crippen molar-refractivity contribution in [2.24, 2.45) is 7.05 Å². The molecule has 0 N–H and O–H groups in total. The Kier molecular flexibility index (Phi) is 3.92. The number of nitrogens with zero attached hydrogens (tertiary/aromatic N) is 4. The van der Waals surface area contributed by atoms with Crippen LogP contribution in [0.25, 0.3) is 0 Å². The molecule has 20 heavy (non-hydrogen) atoms. The summed E-state index contributed by atoms with van der Waals surface area (Å²) in [4.78, 5) is 16.2. The zero-order valence-corrected chi connectivity index (χ0v) is 13.0. The van der Waals surface area contributed by atoms with E-state index in [-0.39, 0.29) is 12.1 Å². The lowest BCUT2D eigenvalue weighted by Gasteiger charge is -2.40. The minimum absolute atomic E-state index is 0.119. The summed E-state index contributed by atoms with van der Waals surface area (Å²) in [5.41, 5.74) is -0.448. The maximum Gasteiger partial charge on any atom is 0.410 e. The van der Waals surface area contributed by atoms with Gasteiger partial charge in [-0.05, 0) is 27.7 Å². The van der Waals surface area contributed by atoms with Crippen molar-refractivity contribution in [3.63, 3.8) is 0 Å². The van der Waals surface area contributed by atoms with Gasteiger partial charge in [0.1, 0.15) is 11.4 Å². The molecule has 0 bridgehead atoms. The lowest BCUT2D eigenvalue weighted by Crippen LogP contribution is -2.55. The van der Waals surface area contributed by atoms with Gasteiger partial charge in [-0.15, -0.1) is 0 Å².